The standard InChI is InChI=1S/C22H17F2N3OS.C20H14F2N4OS/c1-13-16(10-20(29-13)19-11-25-12-27(19)2)14-6-8-15(9-7-14)26-22(28)21-17(23)4-3-5-18(21)24;1-11-13(7-17(28-11)16-9-23-10-25-16)12-5-6-18(24-8-12)26-20(27)19-14(21)3-2-4-15(19)22/h3-12H,1-2H3,(H,26,28);2-10H,1H3,(H,23,25)(H,24,26,27). The first kappa shape index (κ1) is 38.6. The van der Waals surface area contributed by atoms with Crippen molar-refractivity contribution in [2.45, 2.75) is 13.8 Å². The Balaban J connectivity index is 0.000000174. The third-order valence-electron chi connectivity index (χ3n) is 8.82. The molecule has 5 heterocycles. The first-order valence-corrected chi connectivity index (χ1v) is 18.8. The number of imidazole rings is 2. The van der Waals surface area contributed by atoms with E-state index in [1.54, 1.807) is 72.0 Å². The molecule has 0 aliphatic carbocycles. The van der Waals surface area contributed by atoms with Crippen LogP contribution in [0.25, 0.3) is 43.4 Å². The number of benzene rings is 3. The minimum absolute atomic E-state index is 0.207. The van der Waals surface area contributed by atoms with Crippen molar-refractivity contribution in [2.24, 2.45) is 7.05 Å². The Morgan fingerprint density at radius 3 is 1.77 bits per heavy atom. The SMILES string of the molecule is Cc1sc(-c2cnc[nH]2)cc1-c1ccc(NC(=O)c2c(F)cccc2F)nc1.Cc1sc(-c2cncn2C)cc1-c1ccc(NC(=O)c2c(F)cccc2F)cc1. The normalized spacial score (nSPS) is 10.9. The molecule has 8 rings (SSSR count). The van der Waals surface area contributed by atoms with E-state index < -0.39 is 46.2 Å². The Hall–Kier alpha value is -6.71. The van der Waals surface area contributed by atoms with Crippen molar-refractivity contribution in [1.29, 1.82) is 0 Å². The molecule has 0 bridgehead atoms. The summed E-state index contributed by atoms with van der Waals surface area (Å²) in [5.74, 6) is -5.13. The molecule has 5 aromatic heterocycles. The fourth-order valence-electron chi connectivity index (χ4n) is 5.94. The molecule has 0 radical (unpaired) electrons. The zero-order valence-corrected chi connectivity index (χ0v) is 32.0. The molecule has 2 amide bonds. The molecule has 0 unspecified atom stereocenters. The number of pyridine rings is 1. The number of thiophene rings is 2. The molecular weight excluding hydrogens is 775 g/mol. The summed E-state index contributed by atoms with van der Waals surface area (Å²) < 4.78 is 57.0. The number of nitrogens with one attached hydrogen (secondary N) is 3. The van der Waals surface area contributed by atoms with Gasteiger partial charge in [0.2, 0.25) is 0 Å². The predicted molar refractivity (Wildman–Crippen MR) is 215 cm³/mol. The van der Waals surface area contributed by atoms with Gasteiger partial charge in [0.05, 0.1) is 46.2 Å². The highest BCUT2D eigenvalue weighted by molar-refractivity contribution is 7.16. The minimum atomic E-state index is -0.922. The Kier molecular flexibility index (Phi) is 11.2. The summed E-state index contributed by atoms with van der Waals surface area (Å²) >= 11 is 3.31. The maximum atomic E-state index is 13.8. The van der Waals surface area contributed by atoms with Gasteiger partial charge in [-0.25, -0.2) is 32.5 Å². The predicted octanol–water partition coefficient (Wildman–Crippen LogP) is 10.7. The molecule has 0 aliphatic heterocycles. The summed E-state index contributed by atoms with van der Waals surface area (Å²) in [4.78, 5) is 44.3. The van der Waals surface area contributed by atoms with Gasteiger partial charge < -0.3 is 20.2 Å². The summed E-state index contributed by atoms with van der Waals surface area (Å²) in [6, 6.07) is 21.3. The lowest BCUT2D eigenvalue weighted by molar-refractivity contribution is 0.101. The highest BCUT2D eigenvalue weighted by Gasteiger charge is 2.19. The van der Waals surface area contributed by atoms with Gasteiger partial charge in [0, 0.05) is 34.2 Å². The fraction of sp³-hybridized carbons (Fsp3) is 0.0714. The van der Waals surface area contributed by atoms with Crippen LogP contribution in [0.1, 0.15) is 30.5 Å². The number of rotatable bonds is 8. The number of H-pyrrole nitrogens is 1. The van der Waals surface area contributed by atoms with Crippen LogP contribution in [0, 0.1) is 37.1 Å². The number of anilines is 2. The van der Waals surface area contributed by atoms with Crippen molar-refractivity contribution in [3.63, 3.8) is 0 Å². The number of halogens is 4. The van der Waals surface area contributed by atoms with E-state index in [4.69, 9.17) is 0 Å². The maximum absolute atomic E-state index is 13.8. The molecule has 0 aliphatic rings. The lowest BCUT2D eigenvalue weighted by Crippen LogP contribution is -2.16. The monoisotopic (exact) mass is 805 g/mol. The third-order valence-corrected chi connectivity index (χ3v) is 11.0. The summed E-state index contributed by atoms with van der Waals surface area (Å²) in [7, 11) is 1.95. The number of hydrogen-bond donors (Lipinski definition) is 3. The molecule has 3 aromatic carbocycles. The number of carbonyl (C=O) groups is 2. The molecule has 9 nitrogen and oxygen atoms in total. The Labute approximate surface area is 331 Å². The van der Waals surface area contributed by atoms with Gasteiger partial charge in [-0.2, -0.15) is 0 Å². The van der Waals surface area contributed by atoms with Crippen molar-refractivity contribution in [3.8, 4) is 43.4 Å². The van der Waals surface area contributed by atoms with Crippen LogP contribution in [-0.2, 0) is 7.05 Å². The number of aryl methyl sites for hydroxylation is 3. The Morgan fingerprint density at radius 2 is 1.23 bits per heavy atom. The molecule has 0 saturated heterocycles. The molecule has 8 aromatic rings. The van der Waals surface area contributed by atoms with Crippen LogP contribution in [0.3, 0.4) is 0 Å². The van der Waals surface area contributed by atoms with Gasteiger partial charge in [-0.05, 0) is 91.2 Å². The van der Waals surface area contributed by atoms with Crippen LogP contribution in [0.15, 0.2) is 116 Å². The molecule has 0 spiro atoms. The van der Waals surface area contributed by atoms with Gasteiger partial charge >= 0.3 is 0 Å². The van der Waals surface area contributed by atoms with Crippen molar-refractivity contribution in [1.82, 2.24) is 24.5 Å². The number of hydrogen-bond acceptors (Lipinski definition) is 7. The molecule has 286 valence electrons. The first-order valence-electron chi connectivity index (χ1n) is 17.2. The van der Waals surface area contributed by atoms with Crippen LogP contribution in [-0.4, -0.2) is 36.3 Å². The summed E-state index contributed by atoms with van der Waals surface area (Å²) in [5.41, 5.74) is 5.17. The van der Waals surface area contributed by atoms with E-state index in [0.29, 0.717) is 5.69 Å². The van der Waals surface area contributed by atoms with Gasteiger partial charge in [-0.15, -0.1) is 22.7 Å². The van der Waals surface area contributed by atoms with E-state index in [0.717, 1.165) is 77.4 Å². The van der Waals surface area contributed by atoms with E-state index >= 15 is 0 Å². The Bertz CT molecular complexity index is 2670. The number of amides is 2. The molecule has 57 heavy (non-hydrogen) atoms. The average molecular weight is 806 g/mol. The second-order valence-electron chi connectivity index (χ2n) is 12.6. The lowest BCUT2D eigenvalue weighted by Gasteiger charge is -2.08. The van der Waals surface area contributed by atoms with Crippen molar-refractivity contribution in [3.05, 3.63) is 160 Å². The number of nitrogens with zero attached hydrogens (tertiary/aromatic N) is 4. The summed E-state index contributed by atoms with van der Waals surface area (Å²) in [5, 5.41) is 4.96. The van der Waals surface area contributed by atoms with Crippen LogP contribution in [0.5, 0.6) is 0 Å². The van der Waals surface area contributed by atoms with Gasteiger partial charge in [-0.1, -0.05) is 24.3 Å². The van der Waals surface area contributed by atoms with Crippen LogP contribution < -0.4 is 10.6 Å². The van der Waals surface area contributed by atoms with Crippen LogP contribution >= 0.6 is 22.7 Å². The van der Waals surface area contributed by atoms with E-state index in [2.05, 4.69) is 43.6 Å². The largest absolute Gasteiger partial charge is 0.344 e. The number of aromatic amines is 1. The highest BCUT2D eigenvalue weighted by Crippen LogP contribution is 2.38. The van der Waals surface area contributed by atoms with Gasteiger partial charge in [-0.3, -0.25) is 9.59 Å². The van der Waals surface area contributed by atoms with Gasteiger partial charge in [0.15, 0.2) is 0 Å². The molecule has 0 saturated carbocycles. The zero-order chi connectivity index (χ0) is 40.2. The third kappa shape index (κ3) is 8.44. The van der Waals surface area contributed by atoms with Gasteiger partial charge in [0.1, 0.15) is 40.2 Å². The number of aromatic nitrogens is 5. The molecule has 0 atom stereocenters. The molecule has 0 fully saturated rings. The van der Waals surface area contributed by atoms with E-state index in [-0.39, 0.29) is 5.82 Å². The highest BCUT2D eigenvalue weighted by atomic mass is 32.1. The fourth-order valence-corrected chi connectivity index (χ4v) is 8.05. The Morgan fingerprint density at radius 1 is 0.667 bits per heavy atom. The van der Waals surface area contributed by atoms with Crippen molar-refractivity contribution in [2.75, 3.05) is 10.6 Å². The first-order chi connectivity index (χ1) is 27.5. The van der Waals surface area contributed by atoms with Crippen LogP contribution in [0.4, 0.5) is 29.1 Å². The minimum Gasteiger partial charge on any atom is -0.344 e. The zero-order valence-electron chi connectivity index (χ0n) is 30.4. The van der Waals surface area contributed by atoms with E-state index in [1.807, 2.05) is 42.9 Å². The van der Waals surface area contributed by atoms with Gasteiger partial charge in [0.25, 0.3) is 11.8 Å². The number of carbonyl (C=O) groups excluding carboxylic acids is 2. The quantitative estimate of drug-likeness (QED) is 0.132. The average Bonchev–Trinajstić information content (AvgIpc) is 4.01. The topological polar surface area (TPSA) is 118 Å². The maximum Gasteiger partial charge on any atom is 0.262 e. The second kappa shape index (κ2) is 16.6. The van der Waals surface area contributed by atoms with E-state index in [9.17, 15) is 27.2 Å². The molecular formula is C42H31F4N7O2S2. The molecule has 3 N–H and O–H groups in total. The second-order valence-corrected chi connectivity index (χ2v) is 15.1. The van der Waals surface area contributed by atoms with E-state index in [1.165, 1.54) is 12.1 Å². The van der Waals surface area contributed by atoms with Crippen molar-refractivity contribution < 1.29 is 27.2 Å². The smallest absolute Gasteiger partial charge is 0.262 e. The summed E-state index contributed by atoms with van der Waals surface area (Å²) in [6.45, 7) is 4.06. The summed E-state index contributed by atoms with van der Waals surface area (Å²) in [6.07, 6.45) is 8.59. The van der Waals surface area contributed by atoms with Crippen LogP contribution in [0.2, 0.25) is 0 Å². The molecule has 15 heteroatoms. The lowest BCUT2D eigenvalue weighted by atomic mass is 10.1. The van der Waals surface area contributed by atoms with Crippen molar-refractivity contribution >= 4 is 46.0 Å².